The fraction of sp³-hybridized carbons (Fsp3) is 0.448. The van der Waals surface area contributed by atoms with Crippen molar-refractivity contribution in [2.45, 2.75) is 70.6 Å². The lowest BCUT2D eigenvalue weighted by Crippen LogP contribution is -2.36. The van der Waals surface area contributed by atoms with Crippen LogP contribution in [0.25, 0.3) is 5.76 Å². The van der Waals surface area contributed by atoms with Crippen LogP contribution in [0.3, 0.4) is 0 Å². The van der Waals surface area contributed by atoms with Gasteiger partial charge in [0.25, 0.3) is 11.7 Å². The van der Waals surface area contributed by atoms with E-state index in [0.717, 1.165) is 41.7 Å². The molecule has 0 aliphatic carbocycles. The number of ether oxygens (including phenoxy) is 2. The SMILES string of the molecule is C[C@@H]1Cc2cc(C(O)=C3C(=O)C(=O)N(C[C@H]4CCCO4)[C@@H]3c3ccc(C(C)(C)C)cc3)ccc2O1. The van der Waals surface area contributed by atoms with Crippen molar-refractivity contribution < 1.29 is 24.2 Å². The fourth-order valence-corrected chi connectivity index (χ4v) is 5.31. The van der Waals surface area contributed by atoms with Crippen LogP contribution in [0.15, 0.2) is 48.0 Å². The summed E-state index contributed by atoms with van der Waals surface area (Å²) in [5, 5.41) is 11.4. The number of benzene rings is 2. The molecule has 0 aromatic heterocycles. The highest BCUT2D eigenvalue weighted by atomic mass is 16.5. The summed E-state index contributed by atoms with van der Waals surface area (Å²) in [5.74, 6) is -0.604. The average molecular weight is 476 g/mol. The standard InChI is InChI=1S/C29H33NO5/c1-17-14-20-15-19(9-12-23(20)35-17)26(31)24-25(18-7-10-21(11-8-18)29(2,3)4)30(28(33)27(24)32)16-22-6-5-13-34-22/h7-12,15,17,22,25,31H,5-6,13-14,16H2,1-4H3/t17-,22-,25-/m1/s1. The highest BCUT2D eigenvalue weighted by molar-refractivity contribution is 6.46. The number of amides is 1. The zero-order chi connectivity index (χ0) is 24.9. The van der Waals surface area contributed by atoms with Crippen LogP contribution in [-0.2, 0) is 26.2 Å². The monoisotopic (exact) mass is 475 g/mol. The van der Waals surface area contributed by atoms with E-state index >= 15 is 0 Å². The highest BCUT2D eigenvalue weighted by Gasteiger charge is 2.47. The lowest BCUT2D eigenvalue weighted by molar-refractivity contribution is -0.140. The first-order chi connectivity index (χ1) is 16.6. The minimum Gasteiger partial charge on any atom is -0.507 e. The first-order valence-corrected chi connectivity index (χ1v) is 12.4. The van der Waals surface area contributed by atoms with Crippen molar-refractivity contribution in [3.05, 3.63) is 70.3 Å². The molecule has 1 N–H and O–H groups in total. The minimum absolute atomic E-state index is 0.0261. The number of carbonyl (C=O) groups is 2. The van der Waals surface area contributed by atoms with Crippen molar-refractivity contribution >= 4 is 17.4 Å². The van der Waals surface area contributed by atoms with Gasteiger partial charge in [-0.3, -0.25) is 9.59 Å². The van der Waals surface area contributed by atoms with Crippen molar-refractivity contribution in [1.82, 2.24) is 4.90 Å². The summed E-state index contributed by atoms with van der Waals surface area (Å²) in [7, 11) is 0. The van der Waals surface area contributed by atoms with Gasteiger partial charge in [-0.2, -0.15) is 0 Å². The van der Waals surface area contributed by atoms with Gasteiger partial charge in [0.2, 0.25) is 0 Å². The van der Waals surface area contributed by atoms with E-state index in [1.807, 2.05) is 43.3 Å². The Bertz CT molecular complexity index is 1180. The first kappa shape index (κ1) is 23.6. The Kier molecular flexibility index (Phi) is 5.96. The van der Waals surface area contributed by atoms with E-state index < -0.39 is 17.7 Å². The maximum absolute atomic E-state index is 13.3. The molecule has 2 aromatic carbocycles. The van der Waals surface area contributed by atoms with Crippen molar-refractivity contribution in [3.63, 3.8) is 0 Å². The summed E-state index contributed by atoms with van der Waals surface area (Å²) in [5.41, 5.74) is 3.57. The quantitative estimate of drug-likeness (QED) is 0.386. The zero-order valence-electron chi connectivity index (χ0n) is 20.8. The van der Waals surface area contributed by atoms with Crippen LogP contribution in [0, 0.1) is 0 Å². The Hall–Kier alpha value is -3.12. The summed E-state index contributed by atoms with van der Waals surface area (Å²) in [6.45, 7) is 9.41. The number of likely N-dealkylation sites (tertiary alicyclic amines) is 1. The minimum atomic E-state index is -0.670. The second kappa shape index (κ2) is 8.83. The van der Waals surface area contributed by atoms with E-state index in [1.54, 1.807) is 11.0 Å². The molecule has 3 atom stereocenters. The van der Waals surface area contributed by atoms with Gasteiger partial charge in [-0.05, 0) is 60.1 Å². The molecule has 6 nitrogen and oxygen atoms in total. The number of rotatable bonds is 4. The second-order valence-electron chi connectivity index (χ2n) is 10.9. The maximum Gasteiger partial charge on any atom is 0.295 e. The molecule has 0 unspecified atom stereocenters. The van der Waals surface area contributed by atoms with Crippen LogP contribution in [-0.4, -0.2) is 47.1 Å². The molecule has 3 aliphatic rings. The molecule has 0 radical (unpaired) electrons. The number of hydrogen-bond donors (Lipinski definition) is 1. The third-order valence-corrected chi connectivity index (χ3v) is 7.23. The predicted octanol–water partition coefficient (Wildman–Crippen LogP) is 4.91. The summed E-state index contributed by atoms with van der Waals surface area (Å²) >= 11 is 0. The number of aliphatic hydroxyl groups is 1. The van der Waals surface area contributed by atoms with Gasteiger partial charge in [-0.25, -0.2) is 0 Å². The number of aliphatic hydroxyl groups excluding tert-OH is 1. The van der Waals surface area contributed by atoms with Crippen LogP contribution in [0.2, 0.25) is 0 Å². The number of Topliss-reactive ketones (excluding diaryl/α,β-unsaturated/α-hetero) is 1. The average Bonchev–Trinajstić information content (AvgIpc) is 3.52. The van der Waals surface area contributed by atoms with E-state index in [2.05, 4.69) is 20.8 Å². The molecule has 2 saturated heterocycles. The predicted molar refractivity (Wildman–Crippen MR) is 133 cm³/mol. The maximum atomic E-state index is 13.3. The third-order valence-electron chi connectivity index (χ3n) is 7.23. The van der Waals surface area contributed by atoms with Crippen molar-refractivity contribution in [2.75, 3.05) is 13.2 Å². The molecule has 0 spiro atoms. The summed E-state index contributed by atoms with van der Waals surface area (Å²) in [6.07, 6.45) is 2.49. The van der Waals surface area contributed by atoms with Crippen LogP contribution >= 0.6 is 0 Å². The molecule has 35 heavy (non-hydrogen) atoms. The second-order valence-corrected chi connectivity index (χ2v) is 10.9. The smallest absolute Gasteiger partial charge is 0.295 e. The fourth-order valence-electron chi connectivity index (χ4n) is 5.31. The number of carbonyl (C=O) groups excluding carboxylic acids is 2. The first-order valence-electron chi connectivity index (χ1n) is 12.4. The Morgan fingerprint density at radius 1 is 1.11 bits per heavy atom. The zero-order valence-corrected chi connectivity index (χ0v) is 20.8. The Balaban J connectivity index is 1.59. The molecule has 6 heteroatoms. The van der Waals surface area contributed by atoms with Crippen LogP contribution in [0.4, 0.5) is 0 Å². The lowest BCUT2D eigenvalue weighted by atomic mass is 9.85. The van der Waals surface area contributed by atoms with Crippen LogP contribution < -0.4 is 4.74 Å². The Labute approximate surface area is 206 Å². The summed E-state index contributed by atoms with van der Waals surface area (Å²) < 4.78 is 11.6. The Morgan fingerprint density at radius 2 is 1.86 bits per heavy atom. The van der Waals surface area contributed by atoms with Crippen molar-refractivity contribution in [1.29, 1.82) is 0 Å². The van der Waals surface area contributed by atoms with Gasteiger partial charge in [0, 0.05) is 25.1 Å². The normalized spacial score (nSPS) is 25.7. The molecule has 5 rings (SSSR count). The molecule has 3 heterocycles. The van der Waals surface area contributed by atoms with Crippen LogP contribution in [0.5, 0.6) is 5.75 Å². The molecule has 2 aromatic rings. The third kappa shape index (κ3) is 4.36. The number of fused-ring (bicyclic) bond motifs is 1. The molecule has 1 amide bonds. The highest BCUT2D eigenvalue weighted by Crippen LogP contribution is 2.41. The molecule has 2 fully saturated rings. The van der Waals surface area contributed by atoms with Gasteiger partial charge in [-0.1, -0.05) is 45.0 Å². The van der Waals surface area contributed by atoms with E-state index in [0.29, 0.717) is 18.7 Å². The van der Waals surface area contributed by atoms with Crippen molar-refractivity contribution in [3.8, 4) is 5.75 Å². The van der Waals surface area contributed by atoms with Gasteiger partial charge in [-0.15, -0.1) is 0 Å². The van der Waals surface area contributed by atoms with Gasteiger partial charge in [0.05, 0.1) is 17.7 Å². The van der Waals surface area contributed by atoms with E-state index in [-0.39, 0.29) is 29.0 Å². The van der Waals surface area contributed by atoms with Gasteiger partial charge >= 0.3 is 0 Å². The molecule has 0 bridgehead atoms. The topological polar surface area (TPSA) is 76.1 Å². The lowest BCUT2D eigenvalue weighted by Gasteiger charge is -2.28. The van der Waals surface area contributed by atoms with Gasteiger partial charge < -0.3 is 19.5 Å². The number of hydrogen-bond acceptors (Lipinski definition) is 5. The van der Waals surface area contributed by atoms with Crippen molar-refractivity contribution in [2.24, 2.45) is 0 Å². The summed E-state index contributed by atoms with van der Waals surface area (Å²) in [4.78, 5) is 28.1. The van der Waals surface area contributed by atoms with E-state index in [4.69, 9.17) is 9.47 Å². The van der Waals surface area contributed by atoms with Gasteiger partial charge in [0.1, 0.15) is 17.6 Å². The molecule has 184 valence electrons. The molecular weight excluding hydrogens is 442 g/mol. The number of nitrogens with zero attached hydrogens (tertiary/aromatic N) is 1. The number of ketones is 1. The Morgan fingerprint density at radius 3 is 2.51 bits per heavy atom. The molecular formula is C29H33NO5. The van der Waals surface area contributed by atoms with Crippen LogP contribution in [0.1, 0.15) is 68.8 Å². The van der Waals surface area contributed by atoms with Gasteiger partial charge in [0.15, 0.2) is 0 Å². The van der Waals surface area contributed by atoms with E-state index in [1.165, 1.54) is 0 Å². The largest absolute Gasteiger partial charge is 0.507 e. The molecule has 0 saturated carbocycles. The summed E-state index contributed by atoms with van der Waals surface area (Å²) in [6, 6.07) is 12.8. The molecule has 3 aliphatic heterocycles. The van der Waals surface area contributed by atoms with E-state index in [9.17, 15) is 14.7 Å².